The van der Waals surface area contributed by atoms with Crippen molar-refractivity contribution in [3.8, 4) is 5.75 Å². The van der Waals surface area contributed by atoms with E-state index in [1.807, 2.05) is 38.3 Å². The number of thiocarbonyl (C=S) groups is 1. The molecule has 10 heteroatoms. The number of carbonyl (C=O) groups excluding carboxylic acids is 1. The first kappa shape index (κ1) is 24.1. The molecule has 0 fully saturated rings. The third kappa shape index (κ3) is 6.41. The number of thiophene rings is 1. The lowest BCUT2D eigenvalue weighted by Gasteiger charge is -2.25. The fourth-order valence-electron chi connectivity index (χ4n) is 2.71. The molecule has 0 bridgehead atoms. The van der Waals surface area contributed by atoms with Crippen molar-refractivity contribution in [2.75, 3.05) is 13.7 Å². The van der Waals surface area contributed by atoms with Gasteiger partial charge in [0.1, 0.15) is 10.6 Å². The third-order valence-electron chi connectivity index (χ3n) is 4.17. The van der Waals surface area contributed by atoms with Crippen LogP contribution in [0.5, 0.6) is 5.75 Å². The standard InChI is InChI=1S/C20H27N3O4S3/c1-5-10-27-15-9-8-14(12-16(15)30(25,26)23-19(28)21-4)13-18(24)22-20(2,3)17-7-6-11-29-17/h6-9,11-12H,5,10,13H2,1-4H3,(H,22,24)(H2,21,23,28). The molecule has 0 atom stereocenters. The van der Waals surface area contributed by atoms with Gasteiger partial charge in [0.05, 0.1) is 18.6 Å². The maximum Gasteiger partial charge on any atom is 0.267 e. The molecular weight excluding hydrogens is 442 g/mol. The molecule has 0 spiro atoms. The van der Waals surface area contributed by atoms with E-state index in [1.165, 1.54) is 13.1 Å². The number of hydrogen-bond acceptors (Lipinski definition) is 6. The van der Waals surface area contributed by atoms with Crippen molar-refractivity contribution >= 4 is 44.6 Å². The Morgan fingerprint density at radius 2 is 2.00 bits per heavy atom. The van der Waals surface area contributed by atoms with Gasteiger partial charge in [0.15, 0.2) is 5.11 Å². The first-order valence-electron chi connectivity index (χ1n) is 9.44. The van der Waals surface area contributed by atoms with Crippen LogP contribution in [0, 0.1) is 0 Å². The van der Waals surface area contributed by atoms with Crippen molar-refractivity contribution in [2.24, 2.45) is 0 Å². The van der Waals surface area contributed by atoms with Crippen molar-refractivity contribution in [1.29, 1.82) is 0 Å². The van der Waals surface area contributed by atoms with Gasteiger partial charge in [0.2, 0.25) is 5.91 Å². The second kappa shape index (κ2) is 10.2. The van der Waals surface area contributed by atoms with Gasteiger partial charge in [-0.3, -0.25) is 9.52 Å². The molecule has 2 aromatic rings. The second-order valence-corrected chi connectivity index (χ2v) is 10.1. The maximum atomic E-state index is 12.8. The summed E-state index contributed by atoms with van der Waals surface area (Å²) in [7, 11) is -2.45. The van der Waals surface area contributed by atoms with Crippen molar-refractivity contribution in [3.63, 3.8) is 0 Å². The third-order valence-corrected chi connectivity index (χ3v) is 7.17. The molecule has 0 unspecified atom stereocenters. The van der Waals surface area contributed by atoms with Crippen LogP contribution in [0.15, 0.2) is 40.6 Å². The first-order chi connectivity index (χ1) is 14.1. The molecule has 0 aliphatic heterocycles. The Balaban J connectivity index is 2.26. The Kier molecular flexibility index (Phi) is 8.22. The molecule has 0 aliphatic rings. The minimum atomic E-state index is -3.97. The lowest BCUT2D eigenvalue weighted by atomic mass is 10.0. The number of benzene rings is 1. The fraction of sp³-hybridized carbons (Fsp3) is 0.400. The highest BCUT2D eigenvalue weighted by atomic mass is 32.2. The van der Waals surface area contributed by atoms with Crippen LogP contribution in [-0.2, 0) is 26.8 Å². The van der Waals surface area contributed by atoms with Gasteiger partial charge < -0.3 is 15.4 Å². The number of nitrogens with one attached hydrogen (secondary N) is 3. The number of rotatable bonds is 9. The van der Waals surface area contributed by atoms with Gasteiger partial charge >= 0.3 is 0 Å². The molecule has 0 saturated carbocycles. The molecule has 7 nitrogen and oxygen atoms in total. The summed E-state index contributed by atoms with van der Waals surface area (Å²) in [6.45, 7) is 6.15. The van der Waals surface area contributed by atoms with E-state index in [9.17, 15) is 13.2 Å². The van der Waals surface area contributed by atoms with Crippen LogP contribution in [0.1, 0.15) is 37.6 Å². The summed E-state index contributed by atoms with van der Waals surface area (Å²) in [4.78, 5) is 13.6. The van der Waals surface area contributed by atoms with Crippen LogP contribution in [0.4, 0.5) is 0 Å². The molecule has 30 heavy (non-hydrogen) atoms. The number of carbonyl (C=O) groups is 1. The fourth-order valence-corrected chi connectivity index (χ4v) is 5.00. The predicted molar refractivity (Wildman–Crippen MR) is 123 cm³/mol. The predicted octanol–water partition coefficient (Wildman–Crippen LogP) is 2.91. The number of ether oxygens (including phenoxy) is 1. The summed E-state index contributed by atoms with van der Waals surface area (Å²) in [6, 6.07) is 8.61. The van der Waals surface area contributed by atoms with E-state index in [-0.39, 0.29) is 28.1 Å². The van der Waals surface area contributed by atoms with Crippen molar-refractivity contribution in [1.82, 2.24) is 15.4 Å². The zero-order valence-electron chi connectivity index (χ0n) is 17.4. The molecule has 164 valence electrons. The molecule has 1 amide bonds. The van der Waals surface area contributed by atoms with Crippen molar-refractivity contribution < 1.29 is 17.9 Å². The molecule has 1 aromatic heterocycles. The Bertz CT molecular complexity index is 987. The zero-order chi connectivity index (χ0) is 22.4. The number of hydrogen-bond donors (Lipinski definition) is 3. The van der Waals surface area contributed by atoms with Crippen LogP contribution in [0.2, 0.25) is 0 Å². The SMILES string of the molecule is CCCOc1ccc(CC(=O)NC(C)(C)c2cccs2)cc1S(=O)(=O)NC(=S)NC. The minimum absolute atomic E-state index is 0.0296. The van der Waals surface area contributed by atoms with Crippen molar-refractivity contribution in [3.05, 3.63) is 46.2 Å². The molecule has 3 N–H and O–H groups in total. The number of amides is 1. The van der Waals surface area contributed by atoms with Gasteiger partial charge in [-0.05, 0) is 61.6 Å². The molecule has 0 radical (unpaired) electrons. The Labute approximate surface area is 187 Å². The van der Waals surface area contributed by atoms with Gasteiger partial charge in [0, 0.05) is 11.9 Å². The smallest absolute Gasteiger partial charge is 0.267 e. The summed E-state index contributed by atoms with van der Waals surface area (Å²) in [5.74, 6) is 0.00371. The van der Waals surface area contributed by atoms with Gasteiger partial charge in [-0.1, -0.05) is 19.1 Å². The summed E-state index contributed by atoms with van der Waals surface area (Å²) < 4.78 is 33.5. The lowest BCUT2D eigenvalue weighted by Crippen LogP contribution is -2.41. The van der Waals surface area contributed by atoms with Crippen molar-refractivity contribution in [2.45, 2.75) is 44.0 Å². The van der Waals surface area contributed by atoms with Gasteiger partial charge in [-0.15, -0.1) is 11.3 Å². The van der Waals surface area contributed by atoms with Crippen LogP contribution < -0.4 is 20.1 Å². The average molecular weight is 470 g/mol. The molecule has 1 heterocycles. The summed E-state index contributed by atoms with van der Waals surface area (Å²) in [5, 5.41) is 7.50. The topological polar surface area (TPSA) is 96.5 Å². The number of sulfonamides is 1. The van der Waals surface area contributed by atoms with Gasteiger partial charge in [-0.2, -0.15) is 0 Å². The maximum absolute atomic E-state index is 12.8. The second-order valence-electron chi connectivity index (χ2n) is 7.14. The highest BCUT2D eigenvalue weighted by Crippen LogP contribution is 2.27. The Morgan fingerprint density at radius 3 is 2.60 bits per heavy atom. The zero-order valence-corrected chi connectivity index (χ0v) is 19.9. The lowest BCUT2D eigenvalue weighted by molar-refractivity contribution is -0.122. The Hall–Kier alpha value is -2.17. The summed E-state index contributed by atoms with van der Waals surface area (Å²) >= 11 is 6.49. The molecule has 1 aromatic carbocycles. The van der Waals surface area contributed by atoms with E-state index in [4.69, 9.17) is 17.0 Å². The highest BCUT2D eigenvalue weighted by molar-refractivity contribution is 7.92. The van der Waals surface area contributed by atoms with E-state index in [0.717, 1.165) is 11.3 Å². The Morgan fingerprint density at radius 1 is 1.27 bits per heavy atom. The first-order valence-corrected chi connectivity index (χ1v) is 12.2. The minimum Gasteiger partial charge on any atom is -0.492 e. The van der Waals surface area contributed by atoms with E-state index in [2.05, 4.69) is 15.4 Å². The molecular formula is C20H27N3O4S3. The van der Waals surface area contributed by atoms with E-state index < -0.39 is 15.6 Å². The monoisotopic (exact) mass is 469 g/mol. The largest absolute Gasteiger partial charge is 0.492 e. The van der Waals surface area contributed by atoms with E-state index in [0.29, 0.717) is 12.2 Å². The van der Waals surface area contributed by atoms with Crippen LogP contribution in [0.3, 0.4) is 0 Å². The molecule has 0 aliphatic carbocycles. The van der Waals surface area contributed by atoms with E-state index >= 15 is 0 Å². The highest BCUT2D eigenvalue weighted by Gasteiger charge is 2.25. The van der Waals surface area contributed by atoms with Crippen LogP contribution in [0.25, 0.3) is 0 Å². The van der Waals surface area contributed by atoms with Crippen LogP contribution in [-0.4, -0.2) is 33.1 Å². The summed E-state index contributed by atoms with van der Waals surface area (Å²) in [6.07, 6.45) is 0.756. The quantitative estimate of drug-likeness (QED) is 0.489. The van der Waals surface area contributed by atoms with E-state index in [1.54, 1.807) is 23.5 Å². The normalized spacial score (nSPS) is 11.6. The van der Waals surface area contributed by atoms with Gasteiger partial charge in [-0.25, -0.2) is 8.42 Å². The molecule has 0 saturated heterocycles. The van der Waals surface area contributed by atoms with Gasteiger partial charge in [0.25, 0.3) is 10.0 Å². The van der Waals surface area contributed by atoms with Crippen LogP contribution >= 0.6 is 23.6 Å². The average Bonchev–Trinajstić information content (AvgIpc) is 3.22. The summed E-state index contributed by atoms with van der Waals surface area (Å²) in [5.41, 5.74) is 0.0271. The molecule has 2 rings (SSSR count).